The molecule has 1 heterocycles. The molecule has 4 heteroatoms. The molecule has 66 valence electrons. The van der Waals surface area contributed by atoms with E-state index in [4.69, 9.17) is 9.90 Å². The monoisotopic (exact) mass is 165 g/mol. The molecule has 1 saturated heterocycles. The average Bonchev–Trinajstić information content (AvgIpc) is 2.02. The Morgan fingerprint density at radius 1 is 1.67 bits per heavy atom. The van der Waals surface area contributed by atoms with Crippen molar-refractivity contribution in [3.63, 3.8) is 0 Å². The van der Waals surface area contributed by atoms with Gasteiger partial charge in [0.1, 0.15) is 0 Å². The van der Waals surface area contributed by atoms with Crippen LogP contribution in [-0.4, -0.2) is 53.8 Å². The van der Waals surface area contributed by atoms with Crippen LogP contribution in [0.15, 0.2) is 0 Å². The summed E-state index contributed by atoms with van der Waals surface area (Å²) in [6.07, 6.45) is 2.81. The van der Waals surface area contributed by atoms with E-state index in [1.165, 1.54) is 19.4 Å². The molecule has 1 aliphatic heterocycles. The molecule has 0 saturated carbocycles. The molecule has 0 aliphatic carbocycles. The number of nitrogens with zero attached hydrogens (tertiary/aromatic N) is 1. The van der Waals surface area contributed by atoms with Crippen LogP contribution < -0.4 is 0 Å². The van der Waals surface area contributed by atoms with E-state index in [2.05, 4.69) is 36.6 Å². The van der Waals surface area contributed by atoms with Gasteiger partial charge in [-0.15, -0.1) is 0 Å². The predicted molar refractivity (Wildman–Crippen MR) is 49.5 cm³/mol. The Bertz CT molecular complexity index is 122. The fraction of sp³-hybridized carbons (Fsp3) is 0.875. The maximum atomic E-state index is 8.36. The first-order chi connectivity index (χ1) is 5.63. The summed E-state index contributed by atoms with van der Waals surface area (Å²) >= 11 is 2.35. The van der Waals surface area contributed by atoms with Gasteiger partial charge in [-0.3, -0.25) is 4.79 Å². The Kier molecular flexibility index (Phi) is 6.55. The number of piperidine rings is 1. The van der Waals surface area contributed by atoms with Crippen LogP contribution in [0.1, 0.15) is 19.8 Å². The number of carboxylic acid groups (broad SMARTS) is 1. The van der Waals surface area contributed by atoms with E-state index < -0.39 is 0 Å². The Morgan fingerprint density at radius 3 is 2.50 bits per heavy atom. The molecular weight excluding hydrogens is 149 g/mol. The van der Waals surface area contributed by atoms with Crippen LogP contribution >= 0.6 is 0 Å². The van der Waals surface area contributed by atoms with Gasteiger partial charge in [0, 0.05) is 0 Å². The van der Waals surface area contributed by atoms with Crippen molar-refractivity contribution in [3.05, 3.63) is 0 Å². The standard InChI is InChI=1S/C7H14N.CH2O2.Li/c1-7-5-3-4-6-8(7)2;2-1-3;/h5,7H,3-4,6H2,1-2H3;1H,(H,2,3);. The third-order valence-corrected chi connectivity index (χ3v) is 2.69. The first-order valence-corrected chi connectivity index (χ1v) is 4.41. The number of hydrogen-bond acceptors (Lipinski definition) is 2. The molecule has 2 unspecified atom stereocenters. The summed E-state index contributed by atoms with van der Waals surface area (Å²) in [5.41, 5.74) is 0. The molecule has 0 aromatic rings. The Hall–Kier alpha value is 0.0274. The molecule has 0 aromatic heterocycles. The van der Waals surface area contributed by atoms with E-state index in [0.717, 1.165) is 10.6 Å². The van der Waals surface area contributed by atoms with E-state index in [1.54, 1.807) is 0 Å². The van der Waals surface area contributed by atoms with Crippen LogP contribution in [0.3, 0.4) is 0 Å². The average molecular weight is 165 g/mol. The summed E-state index contributed by atoms with van der Waals surface area (Å²) in [5, 5.41) is 6.89. The fourth-order valence-corrected chi connectivity index (χ4v) is 1.54. The summed E-state index contributed by atoms with van der Waals surface area (Å²) in [6.45, 7) is 3.37. The van der Waals surface area contributed by atoms with Crippen LogP contribution in [0, 0.1) is 0 Å². The van der Waals surface area contributed by atoms with Gasteiger partial charge >= 0.3 is 66.6 Å². The Morgan fingerprint density at radius 2 is 2.17 bits per heavy atom. The molecule has 1 rings (SSSR count). The summed E-state index contributed by atoms with van der Waals surface area (Å²) < 4.78 is 0.906. The molecule has 0 amide bonds. The van der Waals surface area contributed by atoms with Gasteiger partial charge in [-0.05, 0) is 0 Å². The minimum atomic E-state index is -0.250. The van der Waals surface area contributed by atoms with Gasteiger partial charge in [-0.25, -0.2) is 0 Å². The molecule has 0 spiro atoms. The van der Waals surface area contributed by atoms with Crippen molar-refractivity contribution in [1.29, 1.82) is 0 Å². The van der Waals surface area contributed by atoms with Gasteiger partial charge in [0.2, 0.25) is 0 Å². The molecule has 0 bridgehead atoms. The number of rotatable bonds is 0. The van der Waals surface area contributed by atoms with E-state index in [1.807, 2.05) is 0 Å². The van der Waals surface area contributed by atoms with Crippen molar-refractivity contribution in [2.75, 3.05) is 13.6 Å². The van der Waals surface area contributed by atoms with E-state index in [9.17, 15) is 0 Å². The SMILES string of the molecule is O=CO.[Li][CH]1CCCN(C)C1C. The van der Waals surface area contributed by atoms with Crippen molar-refractivity contribution < 1.29 is 9.90 Å². The third kappa shape index (κ3) is 4.15. The Labute approximate surface area is 83.3 Å². The zero-order chi connectivity index (χ0) is 9.56. The first kappa shape index (κ1) is 12.0. The predicted octanol–water partition coefficient (Wildman–Crippen LogP) is 0.758. The van der Waals surface area contributed by atoms with Gasteiger partial charge in [0.25, 0.3) is 6.47 Å². The van der Waals surface area contributed by atoms with E-state index in [-0.39, 0.29) is 6.47 Å². The van der Waals surface area contributed by atoms with E-state index in [0.29, 0.717) is 0 Å². The van der Waals surface area contributed by atoms with Crippen LogP contribution in [0.5, 0.6) is 0 Å². The molecule has 12 heavy (non-hydrogen) atoms. The molecule has 0 radical (unpaired) electrons. The van der Waals surface area contributed by atoms with Crippen molar-refractivity contribution in [2.45, 2.75) is 30.4 Å². The fourth-order valence-electron chi connectivity index (χ4n) is 1.54. The molecule has 3 nitrogen and oxygen atoms in total. The van der Waals surface area contributed by atoms with Gasteiger partial charge in [0.05, 0.1) is 0 Å². The Balaban J connectivity index is 0.000000354. The minimum absolute atomic E-state index is 0.250. The van der Waals surface area contributed by atoms with Crippen molar-refractivity contribution in [2.24, 2.45) is 0 Å². The van der Waals surface area contributed by atoms with Gasteiger partial charge in [0.15, 0.2) is 0 Å². The molecule has 1 N–H and O–H groups in total. The molecule has 1 fully saturated rings. The zero-order valence-corrected chi connectivity index (χ0v) is 8.16. The second kappa shape index (κ2) is 6.53. The normalized spacial score (nSPS) is 30.3. The third-order valence-electron chi connectivity index (χ3n) is 2.69. The van der Waals surface area contributed by atoms with Crippen LogP contribution in [0.4, 0.5) is 0 Å². The topological polar surface area (TPSA) is 40.5 Å². The second-order valence-corrected chi connectivity index (χ2v) is 3.45. The van der Waals surface area contributed by atoms with Crippen LogP contribution in [0.25, 0.3) is 0 Å². The maximum absolute atomic E-state index is 8.36. The van der Waals surface area contributed by atoms with Crippen LogP contribution in [-0.2, 0) is 4.79 Å². The summed E-state index contributed by atoms with van der Waals surface area (Å²) in [5.74, 6) is 0. The van der Waals surface area contributed by atoms with Crippen LogP contribution in [0.2, 0.25) is 4.59 Å². The number of likely N-dealkylation sites (tertiary alicyclic amines) is 1. The molecule has 2 atom stereocenters. The van der Waals surface area contributed by atoms with Gasteiger partial charge in [-0.2, -0.15) is 0 Å². The zero-order valence-electron chi connectivity index (χ0n) is 8.16. The summed E-state index contributed by atoms with van der Waals surface area (Å²) in [7, 11) is 2.22. The van der Waals surface area contributed by atoms with Crippen molar-refractivity contribution >= 4 is 24.2 Å². The van der Waals surface area contributed by atoms with Crippen molar-refractivity contribution in [3.8, 4) is 0 Å². The number of hydrogen-bond donors (Lipinski definition) is 1. The van der Waals surface area contributed by atoms with Gasteiger partial charge < -0.3 is 5.11 Å². The van der Waals surface area contributed by atoms with E-state index >= 15 is 0 Å². The van der Waals surface area contributed by atoms with Gasteiger partial charge in [-0.1, -0.05) is 0 Å². The quantitative estimate of drug-likeness (QED) is 0.425. The number of carbonyl (C=O) groups is 1. The molecule has 1 aliphatic rings. The molecular formula is C8H16LiNO2. The summed E-state index contributed by atoms with van der Waals surface area (Å²) in [4.78, 5) is 10.8. The second-order valence-electron chi connectivity index (χ2n) is 3.45. The summed E-state index contributed by atoms with van der Waals surface area (Å²) in [6, 6.07) is 0.804. The first-order valence-electron chi connectivity index (χ1n) is 4.41. The van der Waals surface area contributed by atoms with Crippen molar-refractivity contribution in [1.82, 2.24) is 4.90 Å². The molecule has 0 aromatic carbocycles.